The number of hydrogen-bond donors (Lipinski definition) is 2. The molecule has 12 nitrogen and oxygen atoms in total. The van der Waals surface area contributed by atoms with Crippen LogP contribution in [-0.2, 0) is 16.0 Å². The topological polar surface area (TPSA) is 162 Å². The van der Waals surface area contributed by atoms with Crippen molar-refractivity contribution in [3.63, 3.8) is 0 Å². The molecule has 2 aromatic rings. The van der Waals surface area contributed by atoms with Gasteiger partial charge in [0.25, 0.3) is 11.4 Å². The lowest BCUT2D eigenvalue weighted by molar-refractivity contribution is -0.394. The Labute approximate surface area is 272 Å². The summed E-state index contributed by atoms with van der Waals surface area (Å²) < 4.78 is 1.35. The molecule has 0 aliphatic carbocycles. The van der Waals surface area contributed by atoms with Gasteiger partial charge in [0.1, 0.15) is 11.7 Å². The molecule has 0 saturated carbocycles. The summed E-state index contributed by atoms with van der Waals surface area (Å²) in [7, 11) is 0. The van der Waals surface area contributed by atoms with Crippen molar-refractivity contribution in [2.24, 2.45) is 0 Å². The zero-order chi connectivity index (χ0) is 33.6. The normalized spacial score (nSPS) is 11.5. The van der Waals surface area contributed by atoms with Crippen LogP contribution < -0.4 is 10.6 Å². The number of nitro benzene ring substituents is 2. The number of unbranched alkanes of at least 4 members (excludes halogenated alkanes) is 15. The van der Waals surface area contributed by atoms with Crippen molar-refractivity contribution in [3.05, 3.63) is 56.6 Å². The summed E-state index contributed by atoms with van der Waals surface area (Å²) in [4.78, 5) is 50.9. The van der Waals surface area contributed by atoms with E-state index in [4.69, 9.17) is 6.42 Å². The number of carbonyl (C=O) groups is 2. The Morgan fingerprint density at radius 1 is 0.891 bits per heavy atom. The molecular formula is C34H50N6O6. The standard InChI is InChI=1S/C34H50N6O6/c1-3-5-6-7-8-9-10-11-12-13-14-15-16-17-18-19-20-33(41)37-30(34(42)35-23-4-2)24-28-26-38(27-36-28)31-22-21-29(39(43)44)25-32(31)40(45)46/h2,21-22,25-27,30H,3,5-20,23-24H2,1H3,(H,35,42)(H,37,41). The number of imidazole rings is 1. The van der Waals surface area contributed by atoms with Crippen molar-refractivity contribution in [1.29, 1.82) is 0 Å². The van der Waals surface area contributed by atoms with Gasteiger partial charge in [0, 0.05) is 25.1 Å². The Balaban J connectivity index is 1.75. The molecule has 1 aromatic heterocycles. The first-order valence-corrected chi connectivity index (χ1v) is 16.7. The molecule has 252 valence electrons. The minimum absolute atomic E-state index is 0.00619. The lowest BCUT2D eigenvalue weighted by Crippen LogP contribution is -2.48. The van der Waals surface area contributed by atoms with E-state index < -0.39 is 33.2 Å². The Morgan fingerprint density at radius 3 is 1.98 bits per heavy atom. The minimum Gasteiger partial charge on any atom is -0.344 e. The maximum absolute atomic E-state index is 12.8. The highest BCUT2D eigenvalue weighted by molar-refractivity contribution is 5.88. The van der Waals surface area contributed by atoms with Crippen molar-refractivity contribution in [1.82, 2.24) is 20.2 Å². The van der Waals surface area contributed by atoms with Crippen LogP contribution in [0.5, 0.6) is 0 Å². The number of rotatable bonds is 25. The fraction of sp³-hybridized carbons (Fsp3) is 0.618. The van der Waals surface area contributed by atoms with Gasteiger partial charge in [-0.3, -0.25) is 34.4 Å². The maximum Gasteiger partial charge on any atom is 0.300 e. The first kappa shape index (κ1) is 37.9. The average molecular weight is 639 g/mol. The average Bonchev–Trinajstić information content (AvgIpc) is 3.51. The molecular weight excluding hydrogens is 588 g/mol. The Morgan fingerprint density at radius 2 is 1.46 bits per heavy atom. The third kappa shape index (κ3) is 14.7. The summed E-state index contributed by atoms with van der Waals surface area (Å²) in [6.07, 6.45) is 28.3. The molecule has 0 aliphatic rings. The SMILES string of the molecule is C#CCNC(=O)C(Cc1cn(-c2ccc([N+](=O)[O-])cc2[N+](=O)[O-])cn1)NC(=O)CCCCCCCCCCCCCCCCCC. The second kappa shape index (κ2) is 22.3. The summed E-state index contributed by atoms with van der Waals surface area (Å²) >= 11 is 0. The number of nitrogens with one attached hydrogen (secondary N) is 2. The molecule has 1 unspecified atom stereocenters. The number of aromatic nitrogens is 2. The van der Waals surface area contributed by atoms with Crippen molar-refractivity contribution in [2.45, 2.75) is 129 Å². The fourth-order valence-corrected chi connectivity index (χ4v) is 5.37. The zero-order valence-electron chi connectivity index (χ0n) is 27.2. The van der Waals surface area contributed by atoms with E-state index in [1.54, 1.807) is 0 Å². The predicted molar refractivity (Wildman–Crippen MR) is 179 cm³/mol. The van der Waals surface area contributed by atoms with Gasteiger partial charge in [-0.25, -0.2) is 4.98 Å². The van der Waals surface area contributed by atoms with Crippen LogP contribution in [0.2, 0.25) is 0 Å². The second-order valence-electron chi connectivity index (χ2n) is 11.8. The predicted octanol–water partition coefficient (Wildman–Crippen LogP) is 7.12. The van der Waals surface area contributed by atoms with Gasteiger partial charge in [0.2, 0.25) is 11.8 Å². The van der Waals surface area contributed by atoms with E-state index in [0.29, 0.717) is 12.1 Å². The van der Waals surface area contributed by atoms with Crippen LogP contribution >= 0.6 is 0 Å². The van der Waals surface area contributed by atoms with E-state index in [-0.39, 0.29) is 24.6 Å². The van der Waals surface area contributed by atoms with E-state index in [2.05, 4.69) is 28.5 Å². The highest BCUT2D eigenvalue weighted by atomic mass is 16.6. The van der Waals surface area contributed by atoms with Crippen LogP contribution in [0.3, 0.4) is 0 Å². The van der Waals surface area contributed by atoms with Crippen LogP contribution in [0.15, 0.2) is 30.7 Å². The number of hydrogen-bond acceptors (Lipinski definition) is 7. The van der Waals surface area contributed by atoms with Crippen molar-refractivity contribution in [2.75, 3.05) is 6.54 Å². The van der Waals surface area contributed by atoms with Gasteiger partial charge in [-0.15, -0.1) is 6.42 Å². The molecule has 0 bridgehead atoms. The van der Waals surface area contributed by atoms with Gasteiger partial charge in [-0.05, 0) is 12.5 Å². The van der Waals surface area contributed by atoms with E-state index in [1.165, 1.54) is 100 Å². The quantitative estimate of drug-likeness (QED) is 0.0506. The van der Waals surface area contributed by atoms with Crippen LogP contribution in [0.4, 0.5) is 11.4 Å². The lowest BCUT2D eigenvalue weighted by Gasteiger charge is -2.17. The number of terminal acetylenes is 1. The fourth-order valence-electron chi connectivity index (χ4n) is 5.37. The number of nitrogens with zero attached hydrogens (tertiary/aromatic N) is 4. The third-order valence-electron chi connectivity index (χ3n) is 7.97. The summed E-state index contributed by atoms with van der Waals surface area (Å²) in [5.74, 6) is 1.62. The van der Waals surface area contributed by atoms with Gasteiger partial charge < -0.3 is 10.6 Å². The summed E-state index contributed by atoms with van der Waals surface area (Å²) in [5.41, 5.74) is -0.409. The number of carbonyl (C=O) groups excluding carboxylic acids is 2. The summed E-state index contributed by atoms with van der Waals surface area (Å²) in [5, 5.41) is 28.0. The molecule has 1 atom stereocenters. The molecule has 1 heterocycles. The van der Waals surface area contributed by atoms with E-state index in [1.807, 2.05) is 0 Å². The van der Waals surface area contributed by atoms with Crippen molar-refractivity contribution >= 4 is 23.2 Å². The third-order valence-corrected chi connectivity index (χ3v) is 7.97. The van der Waals surface area contributed by atoms with Gasteiger partial charge in [0.15, 0.2) is 0 Å². The molecule has 46 heavy (non-hydrogen) atoms. The molecule has 0 fully saturated rings. The van der Waals surface area contributed by atoms with Gasteiger partial charge in [-0.1, -0.05) is 109 Å². The van der Waals surface area contributed by atoms with E-state index >= 15 is 0 Å². The second-order valence-corrected chi connectivity index (χ2v) is 11.8. The Kier molecular flexibility index (Phi) is 18.4. The summed E-state index contributed by atoms with van der Waals surface area (Å²) in [6.45, 7) is 2.24. The van der Waals surface area contributed by atoms with Gasteiger partial charge >= 0.3 is 0 Å². The molecule has 2 amide bonds. The molecule has 0 spiro atoms. The van der Waals surface area contributed by atoms with Crippen LogP contribution in [0, 0.1) is 32.6 Å². The maximum atomic E-state index is 12.8. The lowest BCUT2D eigenvalue weighted by atomic mass is 10.0. The molecule has 12 heteroatoms. The minimum atomic E-state index is -0.947. The van der Waals surface area contributed by atoms with E-state index in [9.17, 15) is 29.8 Å². The Bertz CT molecular complexity index is 1290. The number of nitro groups is 2. The molecule has 0 saturated heterocycles. The largest absolute Gasteiger partial charge is 0.344 e. The molecule has 2 rings (SSSR count). The highest BCUT2D eigenvalue weighted by Crippen LogP contribution is 2.28. The molecule has 1 aromatic carbocycles. The van der Waals surface area contributed by atoms with Crippen molar-refractivity contribution < 1.29 is 19.4 Å². The van der Waals surface area contributed by atoms with Crippen LogP contribution in [0.1, 0.15) is 122 Å². The van der Waals surface area contributed by atoms with Crippen LogP contribution in [-0.4, -0.2) is 43.8 Å². The zero-order valence-corrected chi connectivity index (χ0v) is 27.2. The molecule has 0 radical (unpaired) electrons. The van der Waals surface area contributed by atoms with Gasteiger partial charge in [-0.2, -0.15) is 0 Å². The molecule has 0 aliphatic heterocycles. The highest BCUT2D eigenvalue weighted by Gasteiger charge is 2.24. The molecule has 2 N–H and O–H groups in total. The first-order chi connectivity index (χ1) is 22.3. The number of benzene rings is 1. The monoisotopic (exact) mass is 638 g/mol. The van der Waals surface area contributed by atoms with Crippen LogP contribution in [0.25, 0.3) is 5.69 Å². The number of non-ortho nitro benzene ring substituents is 1. The smallest absolute Gasteiger partial charge is 0.300 e. The number of amides is 2. The summed E-state index contributed by atoms with van der Waals surface area (Å²) in [6, 6.07) is 2.36. The Hall–Kier alpha value is -4.27. The van der Waals surface area contributed by atoms with E-state index in [0.717, 1.165) is 37.8 Å². The van der Waals surface area contributed by atoms with Crippen molar-refractivity contribution in [3.8, 4) is 18.0 Å². The van der Waals surface area contributed by atoms with Gasteiger partial charge in [0.05, 0.1) is 34.5 Å². The first-order valence-electron chi connectivity index (χ1n) is 16.7.